The van der Waals surface area contributed by atoms with Crippen molar-refractivity contribution >= 4 is 0 Å². The lowest BCUT2D eigenvalue weighted by Crippen LogP contribution is -2.36. The van der Waals surface area contributed by atoms with Crippen LogP contribution in [-0.4, -0.2) is 12.1 Å². The zero-order valence-corrected chi connectivity index (χ0v) is 11.3. The Morgan fingerprint density at radius 1 is 1.11 bits per heavy atom. The molecule has 0 spiro atoms. The van der Waals surface area contributed by atoms with E-state index in [1.165, 1.54) is 12.1 Å². The van der Waals surface area contributed by atoms with Crippen molar-refractivity contribution < 1.29 is 8.78 Å². The lowest BCUT2D eigenvalue weighted by atomic mass is 10.1. The van der Waals surface area contributed by atoms with Crippen molar-refractivity contribution in [2.45, 2.75) is 39.2 Å². The quantitative estimate of drug-likeness (QED) is 0.621. The van der Waals surface area contributed by atoms with Gasteiger partial charge in [0.15, 0.2) is 11.6 Å². The van der Waals surface area contributed by atoms with Gasteiger partial charge in [0, 0.05) is 5.54 Å². The van der Waals surface area contributed by atoms with Crippen LogP contribution in [0.1, 0.15) is 32.8 Å². The van der Waals surface area contributed by atoms with Crippen LogP contribution in [-0.2, 0) is 6.42 Å². The highest BCUT2D eigenvalue weighted by atomic mass is 19.2. The smallest absolute Gasteiger partial charge is 0.159 e. The van der Waals surface area contributed by atoms with E-state index in [0.29, 0.717) is 6.42 Å². The van der Waals surface area contributed by atoms with Gasteiger partial charge >= 0.3 is 0 Å². The standard InChI is InChI=1S/C15H21F2N/c1-15(2,3)18-10-6-4-5-7-12-8-9-13(16)14(17)11-12/h4-5,8-9,11,18H,6-7,10H2,1-3H3/b5-4+. The monoisotopic (exact) mass is 253 g/mol. The Bertz CT molecular complexity index is 405. The number of rotatable bonds is 5. The minimum atomic E-state index is -0.794. The Morgan fingerprint density at radius 2 is 1.83 bits per heavy atom. The van der Waals surface area contributed by atoms with Crippen molar-refractivity contribution in [1.29, 1.82) is 0 Å². The largest absolute Gasteiger partial charge is 0.312 e. The van der Waals surface area contributed by atoms with Gasteiger partial charge in [-0.25, -0.2) is 8.78 Å². The summed E-state index contributed by atoms with van der Waals surface area (Å²) in [5.41, 5.74) is 0.919. The lowest BCUT2D eigenvalue weighted by molar-refractivity contribution is 0.431. The Labute approximate surface area is 108 Å². The van der Waals surface area contributed by atoms with Crippen LogP contribution in [0.4, 0.5) is 8.78 Å². The zero-order valence-electron chi connectivity index (χ0n) is 11.3. The Morgan fingerprint density at radius 3 is 2.44 bits per heavy atom. The van der Waals surface area contributed by atoms with Gasteiger partial charge in [-0.1, -0.05) is 18.2 Å². The summed E-state index contributed by atoms with van der Waals surface area (Å²) in [5.74, 6) is -1.58. The summed E-state index contributed by atoms with van der Waals surface area (Å²) >= 11 is 0. The van der Waals surface area contributed by atoms with Gasteiger partial charge in [-0.15, -0.1) is 0 Å². The second-order valence-corrected chi connectivity index (χ2v) is 5.39. The molecule has 18 heavy (non-hydrogen) atoms. The molecule has 1 aromatic rings. The van der Waals surface area contributed by atoms with Gasteiger partial charge in [0.05, 0.1) is 0 Å². The number of nitrogens with one attached hydrogen (secondary N) is 1. The van der Waals surface area contributed by atoms with E-state index in [2.05, 4.69) is 32.2 Å². The van der Waals surface area contributed by atoms with Crippen molar-refractivity contribution in [2.75, 3.05) is 6.54 Å². The molecule has 0 aliphatic heterocycles. The van der Waals surface area contributed by atoms with Gasteiger partial charge in [0.25, 0.3) is 0 Å². The molecule has 1 rings (SSSR count). The molecule has 0 saturated heterocycles. The van der Waals surface area contributed by atoms with Crippen LogP contribution in [0.2, 0.25) is 0 Å². The number of hydrogen-bond acceptors (Lipinski definition) is 1. The third-order valence-electron chi connectivity index (χ3n) is 2.47. The Balaban J connectivity index is 2.30. The summed E-state index contributed by atoms with van der Waals surface area (Å²) in [6.07, 6.45) is 5.60. The predicted octanol–water partition coefficient (Wildman–Crippen LogP) is 3.84. The first kappa shape index (κ1) is 14.8. The molecule has 0 saturated carbocycles. The van der Waals surface area contributed by atoms with Gasteiger partial charge < -0.3 is 5.32 Å². The first-order valence-corrected chi connectivity index (χ1v) is 6.22. The number of allylic oxidation sites excluding steroid dienone is 1. The molecule has 0 radical (unpaired) electrons. The molecule has 0 aromatic heterocycles. The van der Waals surface area contributed by atoms with Crippen molar-refractivity contribution in [1.82, 2.24) is 5.32 Å². The molecule has 0 atom stereocenters. The number of halogens is 2. The van der Waals surface area contributed by atoms with Crippen LogP contribution >= 0.6 is 0 Å². The fourth-order valence-electron chi connectivity index (χ4n) is 1.53. The molecule has 0 fully saturated rings. The van der Waals surface area contributed by atoms with Gasteiger partial charge in [-0.2, -0.15) is 0 Å². The summed E-state index contributed by atoms with van der Waals surface area (Å²) in [5, 5.41) is 3.38. The molecular weight excluding hydrogens is 232 g/mol. The first-order chi connectivity index (χ1) is 8.38. The molecule has 0 bridgehead atoms. The molecular formula is C15H21F2N. The third-order valence-corrected chi connectivity index (χ3v) is 2.47. The van der Waals surface area contributed by atoms with Crippen molar-refractivity contribution in [3.8, 4) is 0 Å². The summed E-state index contributed by atoms with van der Waals surface area (Å²) in [7, 11) is 0. The molecule has 1 N–H and O–H groups in total. The second kappa shape index (κ2) is 6.64. The van der Waals surface area contributed by atoms with Gasteiger partial charge in [0.1, 0.15) is 0 Å². The van der Waals surface area contributed by atoms with Crippen LogP contribution in [0.25, 0.3) is 0 Å². The van der Waals surface area contributed by atoms with E-state index in [1.807, 2.05) is 6.08 Å². The fourth-order valence-corrected chi connectivity index (χ4v) is 1.53. The van der Waals surface area contributed by atoms with E-state index in [0.717, 1.165) is 18.5 Å². The summed E-state index contributed by atoms with van der Waals surface area (Å²) in [6.45, 7) is 7.28. The minimum absolute atomic E-state index is 0.133. The van der Waals surface area contributed by atoms with Gasteiger partial charge in [-0.3, -0.25) is 0 Å². The van der Waals surface area contributed by atoms with E-state index in [9.17, 15) is 8.78 Å². The van der Waals surface area contributed by atoms with E-state index in [-0.39, 0.29) is 5.54 Å². The molecule has 100 valence electrons. The van der Waals surface area contributed by atoms with Crippen LogP contribution < -0.4 is 5.32 Å². The summed E-state index contributed by atoms with van der Waals surface area (Å²) in [4.78, 5) is 0. The molecule has 0 unspecified atom stereocenters. The minimum Gasteiger partial charge on any atom is -0.312 e. The highest BCUT2D eigenvalue weighted by Crippen LogP contribution is 2.09. The average Bonchev–Trinajstić information content (AvgIpc) is 2.26. The maximum Gasteiger partial charge on any atom is 0.159 e. The molecule has 0 amide bonds. The maximum absolute atomic E-state index is 12.9. The highest BCUT2D eigenvalue weighted by Gasteiger charge is 2.06. The number of benzene rings is 1. The summed E-state index contributed by atoms with van der Waals surface area (Å²) < 4.78 is 25.6. The average molecular weight is 253 g/mol. The van der Waals surface area contributed by atoms with Crippen molar-refractivity contribution in [3.05, 3.63) is 47.5 Å². The van der Waals surface area contributed by atoms with Crippen LogP contribution in [0.3, 0.4) is 0 Å². The second-order valence-electron chi connectivity index (χ2n) is 5.39. The Kier molecular flexibility index (Phi) is 5.48. The van der Waals surface area contributed by atoms with E-state index in [1.54, 1.807) is 6.07 Å². The van der Waals surface area contributed by atoms with E-state index < -0.39 is 11.6 Å². The molecule has 0 heterocycles. The van der Waals surface area contributed by atoms with Gasteiger partial charge in [0.2, 0.25) is 0 Å². The molecule has 0 aliphatic carbocycles. The molecule has 3 heteroatoms. The normalized spacial score (nSPS) is 12.3. The zero-order chi connectivity index (χ0) is 13.6. The van der Waals surface area contributed by atoms with Crippen molar-refractivity contribution in [3.63, 3.8) is 0 Å². The van der Waals surface area contributed by atoms with Gasteiger partial charge in [-0.05, 0) is 57.9 Å². The van der Waals surface area contributed by atoms with E-state index in [4.69, 9.17) is 0 Å². The molecule has 1 nitrogen and oxygen atoms in total. The lowest BCUT2D eigenvalue weighted by Gasteiger charge is -2.19. The summed E-state index contributed by atoms with van der Waals surface area (Å²) in [6, 6.07) is 4.02. The SMILES string of the molecule is CC(C)(C)NCC/C=C/Cc1ccc(F)c(F)c1. The predicted molar refractivity (Wildman–Crippen MR) is 71.6 cm³/mol. The fraction of sp³-hybridized carbons (Fsp3) is 0.467. The first-order valence-electron chi connectivity index (χ1n) is 6.22. The van der Waals surface area contributed by atoms with Crippen LogP contribution in [0.15, 0.2) is 30.4 Å². The molecule has 0 aliphatic rings. The highest BCUT2D eigenvalue weighted by molar-refractivity contribution is 5.20. The van der Waals surface area contributed by atoms with Crippen LogP contribution in [0.5, 0.6) is 0 Å². The molecule has 1 aromatic carbocycles. The maximum atomic E-state index is 12.9. The number of hydrogen-bond donors (Lipinski definition) is 1. The third kappa shape index (κ3) is 5.92. The van der Waals surface area contributed by atoms with Crippen molar-refractivity contribution in [2.24, 2.45) is 0 Å². The van der Waals surface area contributed by atoms with Crippen LogP contribution in [0, 0.1) is 11.6 Å². The van der Waals surface area contributed by atoms with E-state index >= 15 is 0 Å². The Hall–Kier alpha value is -1.22. The topological polar surface area (TPSA) is 12.0 Å².